The first-order valence-corrected chi connectivity index (χ1v) is 14.9. The Morgan fingerprint density at radius 2 is 1.68 bits per heavy atom. The molecule has 11 heteroatoms. The molecule has 38 heavy (non-hydrogen) atoms. The fourth-order valence-electron chi connectivity index (χ4n) is 4.06. The van der Waals surface area contributed by atoms with Gasteiger partial charge < -0.3 is 9.64 Å². The van der Waals surface area contributed by atoms with E-state index in [0.717, 1.165) is 41.6 Å². The van der Waals surface area contributed by atoms with Crippen LogP contribution < -0.4 is 9.64 Å². The number of nitrogens with zero attached hydrogens (tertiary/aromatic N) is 4. The Balaban J connectivity index is 0.00000507. The number of rotatable bonds is 13. The first-order chi connectivity index (χ1) is 17.6. The fraction of sp³-hybridized carbons (Fsp3) is 0.481. The monoisotopic (exact) mass is 582 g/mol. The first kappa shape index (κ1) is 32.0. The number of carbonyl (C=O) groups is 1. The summed E-state index contributed by atoms with van der Waals surface area (Å²) >= 11 is 1.46. The Morgan fingerprint density at radius 3 is 2.26 bits per heavy atom. The number of amides is 1. The standard InChI is InChI=1S/C27H38N4O4S2.ClH/c1-7-9-18-30(8-2)37(33,34)22-14-12-21(13-15-22)26(32)31(19-10-17-29(4)5)27-28-24-23(35-6)16-11-20(3)25(24)36-27;/h11-16H,7-10,17-19H2,1-6H3;1H. The zero-order chi connectivity index (χ0) is 27.2. The maximum atomic E-state index is 13.7. The minimum absolute atomic E-state index is 0. The van der Waals surface area contributed by atoms with E-state index in [1.54, 1.807) is 24.1 Å². The van der Waals surface area contributed by atoms with Crippen molar-refractivity contribution in [2.75, 3.05) is 52.3 Å². The normalized spacial score (nSPS) is 11.7. The van der Waals surface area contributed by atoms with E-state index < -0.39 is 10.0 Å². The highest BCUT2D eigenvalue weighted by atomic mass is 35.5. The van der Waals surface area contributed by atoms with Crippen LogP contribution in [0, 0.1) is 6.92 Å². The number of methoxy groups -OCH3 is 1. The van der Waals surface area contributed by atoms with Gasteiger partial charge in [-0.05, 0) is 76.3 Å². The molecule has 1 amide bonds. The van der Waals surface area contributed by atoms with Crippen molar-refractivity contribution in [1.29, 1.82) is 0 Å². The summed E-state index contributed by atoms with van der Waals surface area (Å²) in [6.07, 6.45) is 2.48. The zero-order valence-electron chi connectivity index (χ0n) is 23.1. The Morgan fingerprint density at radius 1 is 1.00 bits per heavy atom. The Hall–Kier alpha value is -2.24. The molecule has 8 nitrogen and oxygen atoms in total. The third kappa shape index (κ3) is 7.24. The number of aromatic nitrogens is 1. The summed E-state index contributed by atoms with van der Waals surface area (Å²) in [6, 6.07) is 10.1. The van der Waals surface area contributed by atoms with Crippen molar-refractivity contribution in [3.8, 4) is 5.75 Å². The topological polar surface area (TPSA) is 83.1 Å². The molecule has 0 spiro atoms. The Labute approximate surface area is 237 Å². The van der Waals surface area contributed by atoms with Gasteiger partial charge in [0.05, 0.1) is 16.7 Å². The van der Waals surface area contributed by atoms with Gasteiger partial charge in [0.2, 0.25) is 10.0 Å². The van der Waals surface area contributed by atoms with Crippen molar-refractivity contribution in [2.45, 2.75) is 44.9 Å². The number of carbonyl (C=O) groups excluding carboxylic acids is 1. The quantitative estimate of drug-likeness (QED) is 0.267. The average Bonchev–Trinajstić information content (AvgIpc) is 3.33. The van der Waals surface area contributed by atoms with Crippen LogP contribution in [0.5, 0.6) is 5.75 Å². The van der Waals surface area contributed by atoms with Crippen LogP contribution in [0.4, 0.5) is 5.13 Å². The van der Waals surface area contributed by atoms with Crippen molar-refractivity contribution in [2.24, 2.45) is 0 Å². The smallest absolute Gasteiger partial charge is 0.260 e. The lowest BCUT2D eigenvalue weighted by atomic mass is 10.2. The molecule has 2 aromatic carbocycles. The molecule has 0 saturated carbocycles. The van der Waals surface area contributed by atoms with Crippen LogP contribution in [0.15, 0.2) is 41.3 Å². The highest BCUT2D eigenvalue weighted by Gasteiger charge is 2.25. The molecule has 1 heterocycles. The van der Waals surface area contributed by atoms with Gasteiger partial charge in [-0.3, -0.25) is 9.69 Å². The molecule has 0 N–H and O–H groups in total. The molecule has 0 fully saturated rings. The lowest BCUT2D eigenvalue weighted by molar-refractivity contribution is 0.0986. The lowest BCUT2D eigenvalue weighted by Crippen LogP contribution is -2.34. The molecule has 0 atom stereocenters. The van der Waals surface area contributed by atoms with Gasteiger partial charge >= 0.3 is 0 Å². The molecule has 1 aromatic heterocycles. The van der Waals surface area contributed by atoms with E-state index in [1.807, 2.05) is 47.0 Å². The van der Waals surface area contributed by atoms with Crippen molar-refractivity contribution in [3.63, 3.8) is 0 Å². The van der Waals surface area contributed by atoms with E-state index in [2.05, 4.69) is 4.90 Å². The Bertz CT molecular complexity index is 1310. The third-order valence-electron chi connectivity index (χ3n) is 6.23. The van der Waals surface area contributed by atoms with Gasteiger partial charge in [-0.1, -0.05) is 37.7 Å². The van der Waals surface area contributed by atoms with Gasteiger partial charge in [0.15, 0.2) is 5.13 Å². The number of hydrogen-bond donors (Lipinski definition) is 0. The molecular weight excluding hydrogens is 544 g/mol. The zero-order valence-corrected chi connectivity index (χ0v) is 25.5. The second-order valence-corrected chi connectivity index (χ2v) is 12.2. The highest BCUT2D eigenvalue weighted by Crippen LogP contribution is 2.37. The molecule has 3 rings (SSSR count). The number of halogens is 1. The van der Waals surface area contributed by atoms with Crippen molar-refractivity contribution >= 4 is 55.0 Å². The van der Waals surface area contributed by atoms with Crippen LogP contribution in [-0.2, 0) is 10.0 Å². The second-order valence-electron chi connectivity index (χ2n) is 9.25. The molecule has 0 aliphatic carbocycles. The van der Waals surface area contributed by atoms with E-state index in [0.29, 0.717) is 36.1 Å². The maximum absolute atomic E-state index is 13.7. The molecule has 0 aliphatic rings. The number of hydrogen-bond acceptors (Lipinski definition) is 7. The number of aryl methyl sites for hydroxylation is 1. The second kappa shape index (κ2) is 14.2. The number of unbranched alkanes of at least 4 members (excludes halogenated alkanes) is 1. The molecule has 210 valence electrons. The highest BCUT2D eigenvalue weighted by molar-refractivity contribution is 7.89. The number of thiazole rings is 1. The van der Waals surface area contributed by atoms with Crippen molar-refractivity contribution in [3.05, 3.63) is 47.5 Å². The fourth-order valence-corrected chi connectivity index (χ4v) is 6.63. The van der Waals surface area contributed by atoms with Gasteiger partial charge in [0.25, 0.3) is 5.91 Å². The molecular formula is C27H39ClN4O4S2. The predicted octanol–water partition coefficient (Wildman–Crippen LogP) is 5.44. The van der Waals surface area contributed by atoms with Gasteiger partial charge in [0.1, 0.15) is 11.3 Å². The number of anilines is 1. The minimum atomic E-state index is -3.61. The molecule has 0 unspecified atom stereocenters. The van der Waals surface area contributed by atoms with Crippen molar-refractivity contribution in [1.82, 2.24) is 14.2 Å². The summed E-state index contributed by atoms with van der Waals surface area (Å²) in [6.45, 7) is 8.08. The van der Waals surface area contributed by atoms with Crippen LogP contribution >= 0.6 is 23.7 Å². The van der Waals surface area contributed by atoms with E-state index in [-0.39, 0.29) is 23.2 Å². The van der Waals surface area contributed by atoms with Gasteiger partial charge in [0, 0.05) is 25.2 Å². The summed E-state index contributed by atoms with van der Waals surface area (Å²) in [5, 5.41) is 0.597. The third-order valence-corrected chi connectivity index (χ3v) is 9.43. The largest absolute Gasteiger partial charge is 0.494 e. The average molecular weight is 583 g/mol. The summed E-state index contributed by atoms with van der Waals surface area (Å²) in [7, 11) is 1.99. The number of sulfonamides is 1. The summed E-state index contributed by atoms with van der Waals surface area (Å²) < 4.78 is 34.2. The van der Waals surface area contributed by atoms with Gasteiger partial charge in [-0.25, -0.2) is 13.4 Å². The molecule has 3 aromatic rings. The van der Waals surface area contributed by atoms with Crippen LogP contribution in [-0.4, -0.2) is 75.9 Å². The Kier molecular flexibility index (Phi) is 12.0. The first-order valence-electron chi connectivity index (χ1n) is 12.6. The SMILES string of the molecule is CCCCN(CC)S(=O)(=O)c1ccc(C(=O)N(CCCN(C)C)c2nc3c(OC)ccc(C)c3s2)cc1.Cl. The predicted molar refractivity (Wildman–Crippen MR) is 159 cm³/mol. The summed E-state index contributed by atoms with van der Waals surface area (Å²) in [5.41, 5.74) is 2.22. The number of ether oxygens (including phenoxy) is 1. The molecule has 0 saturated heterocycles. The van der Waals surface area contributed by atoms with Gasteiger partial charge in [-0.2, -0.15) is 4.31 Å². The van der Waals surface area contributed by atoms with Gasteiger partial charge in [-0.15, -0.1) is 12.4 Å². The molecule has 0 radical (unpaired) electrons. The number of benzene rings is 2. The lowest BCUT2D eigenvalue weighted by Gasteiger charge is -2.22. The van der Waals surface area contributed by atoms with E-state index >= 15 is 0 Å². The maximum Gasteiger partial charge on any atom is 0.260 e. The molecule has 0 bridgehead atoms. The van der Waals surface area contributed by atoms with Crippen molar-refractivity contribution < 1.29 is 17.9 Å². The van der Waals surface area contributed by atoms with Crippen LogP contribution in [0.25, 0.3) is 10.2 Å². The minimum Gasteiger partial charge on any atom is -0.494 e. The van der Waals surface area contributed by atoms with E-state index in [1.165, 1.54) is 27.8 Å². The molecule has 0 aliphatic heterocycles. The number of fused-ring (bicyclic) bond motifs is 1. The van der Waals surface area contributed by atoms with Crippen LogP contribution in [0.3, 0.4) is 0 Å². The van der Waals surface area contributed by atoms with Crippen LogP contribution in [0.1, 0.15) is 49.0 Å². The summed E-state index contributed by atoms with van der Waals surface area (Å²) in [5.74, 6) is 0.457. The van der Waals surface area contributed by atoms with E-state index in [4.69, 9.17) is 9.72 Å². The van der Waals surface area contributed by atoms with Crippen LogP contribution in [0.2, 0.25) is 0 Å². The van der Waals surface area contributed by atoms with E-state index in [9.17, 15) is 13.2 Å². The summed E-state index contributed by atoms with van der Waals surface area (Å²) in [4.78, 5) is 22.5.